The number of hydrogen-bond donors (Lipinski definition) is 3. The Balaban J connectivity index is 0.00000324. The van der Waals surface area contributed by atoms with E-state index in [0.29, 0.717) is 19.4 Å². The molecule has 0 fully saturated rings. The summed E-state index contributed by atoms with van der Waals surface area (Å²) in [6.07, 6.45) is 0.704. The topological polar surface area (TPSA) is 75.4 Å². The van der Waals surface area contributed by atoms with Crippen LogP contribution in [-0.4, -0.2) is 17.1 Å². The van der Waals surface area contributed by atoms with Gasteiger partial charge in [0.2, 0.25) is 5.91 Å². The van der Waals surface area contributed by atoms with Crippen molar-refractivity contribution in [2.75, 3.05) is 0 Å². The summed E-state index contributed by atoms with van der Waals surface area (Å²) in [4.78, 5) is 11.5. The summed E-state index contributed by atoms with van der Waals surface area (Å²) in [5.41, 5.74) is 7.49. The van der Waals surface area contributed by atoms with Crippen LogP contribution in [0.25, 0.3) is 0 Å². The Morgan fingerprint density at radius 2 is 1.89 bits per heavy atom. The Hall–Kier alpha value is -1.10. The highest BCUT2D eigenvalue weighted by Gasteiger charge is 2.04. The second-order valence-corrected chi connectivity index (χ2v) is 4.71. The van der Waals surface area contributed by atoms with Crippen molar-refractivity contribution < 1.29 is 9.90 Å². The lowest BCUT2D eigenvalue weighted by molar-refractivity contribution is -0.121. The van der Waals surface area contributed by atoms with Crippen molar-refractivity contribution in [1.29, 1.82) is 0 Å². The van der Waals surface area contributed by atoms with Crippen molar-refractivity contribution in [3.63, 3.8) is 0 Å². The molecule has 0 spiro atoms. The van der Waals surface area contributed by atoms with E-state index in [4.69, 9.17) is 5.73 Å². The van der Waals surface area contributed by atoms with Gasteiger partial charge in [-0.05, 0) is 31.4 Å². The number of benzene rings is 1. The first-order valence-corrected chi connectivity index (χ1v) is 6.28. The zero-order chi connectivity index (χ0) is 13.5. The van der Waals surface area contributed by atoms with E-state index in [9.17, 15) is 9.90 Å². The summed E-state index contributed by atoms with van der Waals surface area (Å²) in [5, 5.41) is 12.2. The number of nitrogens with two attached hydrogens (primary N) is 1. The highest BCUT2D eigenvalue weighted by atomic mass is 35.5. The maximum atomic E-state index is 11.5. The first-order chi connectivity index (χ1) is 8.49. The van der Waals surface area contributed by atoms with E-state index in [1.54, 1.807) is 6.92 Å². The molecule has 1 aromatic carbocycles. The van der Waals surface area contributed by atoms with Crippen LogP contribution >= 0.6 is 12.4 Å². The highest BCUT2D eigenvalue weighted by Crippen LogP contribution is 2.12. The molecule has 108 valence electrons. The van der Waals surface area contributed by atoms with E-state index in [0.717, 1.165) is 11.1 Å². The molecule has 19 heavy (non-hydrogen) atoms. The zero-order valence-electron chi connectivity index (χ0n) is 11.4. The maximum absolute atomic E-state index is 11.5. The van der Waals surface area contributed by atoms with Gasteiger partial charge in [-0.25, -0.2) is 0 Å². The number of aliphatic hydroxyl groups excluding tert-OH is 1. The Bertz CT molecular complexity index is 378. The van der Waals surface area contributed by atoms with Crippen molar-refractivity contribution in [2.24, 2.45) is 5.73 Å². The summed E-state index contributed by atoms with van der Waals surface area (Å²) in [6, 6.07) is 7.62. The van der Waals surface area contributed by atoms with Crippen molar-refractivity contribution in [3.8, 4) is 0 Å². The molecule has 4 nitrogen and oxygen atoms in total. The van der Waals surface area contributed by atoms with Crippen LogP contribution in [0.1, 0.15) is 43.9 Å². The summed E-state index contributed by atoms with van der Waals surface area (Å²) < 4.78 is 0. The van der Waals surface area contributed by atoms with Gasteiger partial charge < -0.3 is 16.2 Å². The number of nitrogens with one attached hydrogen (secondary N) is 1. The molecule has 0 aromatic heterocycles. The standard InChI is InChI=1S/C14H22N2O2.ClH/c1-10(15)3-8-14(18)16-9-12-4-6-13(7-5-12)11(2)17;/h4-7,10-11,17H,3,8-9,15H2,1-2H3,(H,16,18);1H. The van der Waals surface area contributed by atoms with Gasteiger partial charge in [0.15, 0.2) is 0 Å². The van der Waals surface area contributed by atoms with E-state index < -0.39 is 6.10 Å². The molecular weight excluding hydrogens is 264 g/mol. The van der Waals surface area contributed by atoms with Gasteiger partial charge in [0.05, 0.1) is 6.10 Å². The molecule has 5 heteroatoms. The number of carbonyl (C=O) groups is 1. The van der Waals surface area contributed by atoms with Crippen LogP contribution in [0.5, 0.6) is 0 Å². The van der Waals surface area contributed by atoms with Crippen molar-refractivity contribution in [2.45, 2.75) is 45.4 Å². The van der Waals surface area contributed by atoms with Gasteiger partial charge >= 0.3 is 0 Å². The molecular formula is C14H23ClN2O2. The molecule has 1 aromatic rings. The largest absolute Gasteiger partial charge is 0.389 e. The van der Waals surface area contributed by atoms with Crippen LogP contribution in [0.4, 0.5) is 0 Å². The van der Waals surface area contributed by atoms with E-state index in [-0.39, 0.29) is 24.4 Å². The minimum atomic E-state index is -0.459. The van der Waals surface area contributed by atoms with Gasteiger partial charge in [0.1, 0.15) is 0 Å². The lowest BCUT2D eigenvalue weighted by Gasteiger charge is -2.08. The maximum Gasteiger partial charge on any atom is 0.220 e. The highest BCUT2D eigenvalue weighted by molar-refractivity contribution is 5.85. The number of halogens is 1. The summed E-state index contributed by atoms with van der Waals surface area (Å²) >= 11 is 0. The number of rotatable bonds is 6. The van der Waals surface area contributed by atoms with E-state index >= 15 is 0 Å². The molecule has 0 heterocycles. The number of hydrogen-bond acceptors (Lipinski definition) is 3. The molecule has 0 aliphatic rings. The van der Waals surface area contributed by atoms with Crippen molar-refractivity contribution in [3.05, 3.63) is 35.4 Å². The molecule has 0 aliphatic heterocycles. The zero-order valence-corrected chi connectivity index (χ0v) is 12.2. The molecule has 2 atom stereocenters. The summed E-state index contributed by atoms with van der Waals surface area (Å²) in [5.74, 6) is 0.0203. The Morgan fingerprint density at radius 1 is 1.32 bits per heavy atom. The molecule has 1 rings (SSSR count). The normalized spacial score (nSPS) is 13.3. The third kappa shape index (κ3) is 7.15. The molecule has 0 saturated heterocycles. The fourth-order valence-electron chi connectivity index (χ4n) is 1.56. The molecule has 0 radical (unpaired) electrons. The number of amides is 1. The monoisotopic (exact) mass is 286 g/mol. The van der Waals surface area contributed by atoms with Crippen LogP contribution in [0, 0.1) is 0 Å². The quantitative estimate of drug-likeness (QED) is 0.748. The van der Waals surface area contributed by atoms with Crippen molar-refractivity contribution >= 4 is 18.3 Å². The minimum absolute atomic E-state index is 0. The van der Waals surface area contributed by atoms with Crippen LogP contribution in [0.2, 0.25) is 0 Å². The number of carbonyl (C=O) groups excluding carboxylic acids is 1. The van der Waals surface area contributed by atoms with Gasteiger partial charge in [-0.2, -0.15) is 0 Å². The first-order valence-electron chi connectivity index (χ1n) is 6.28. The van der Waals surface area contributed by atoms with Crippen LogP contribution in [0.15, 0.2) is 24.3 Å². The van der Waals surface area contributed by atoms with Gasteiger partial charge in [0.25, 0.3) is 0 Å². The van der Waals surface area contributed by atoms with Gasteiger partial charge in [0, 0.05) is 19.0 Å². The third-order valence-electron chi connectivity index (χ3n) is 2.78. The average Bonchev–Trinajstić information content (AvgIpc) is 2.34. The van der Waals surface area contributed by atoms with Crippen LogP contribution in [-0.2, 0) is 11.3 Å². The average molecular weight is 287 g/mol. The molecule has 2 unspecified atom stereocenters. The second-order valence-electron chi connectivity index (χ2n) is 4.71. The Labute approximate surface area is 120 Å². The first kappa shape index (κ1) is 17.9. The van der Waals surface area contributed by atoms with Gasteiger partial charge in [-0.3, -0.25) is 4.79 Å². The molecule has 1 amide bonds. The van der Waals surface area contributed by atoms with Gasteiger partial charge in [-0.15, -0.1) is 12.4 Å². The van der Waals surface area contributed by atoms with E-state index in [1.165, 1.54) is 0 Å². The minimum Gasteiger partial charge on any atom is -0.389 e. The Kier molecular flexibility index (Phi) is 8.39. The SMILES string of the molecule is CC(N)CCC(=O)NCc1ccc(C(C)O)cc1.Cl. The van der Waals surface area contributed by atoms with Crippen LogP contribution < -0.4 is 11.1 Å². The predicted octanol–water partition coefficient (Wildman–Crippen LogP) is 1.91. The molecule has 4 N–H and O–H groups in total. The third-order valence-corrected chi connectivity index (χ3v) is 2.78. The Morgan fingerprint density at radius 3 is 2.37 bits per heavy atom. The molecule has 0 saturated carbocycles. The van der Waals surface area contributed by atoms with Crippen LogP contribution in [0.3, 0.4) is 0 Å². The lowest BCUT2D eigenvalue weighted by Crippen LogP contribution is -2.25. The van der Waals surface area contributed by atoms with E-state index in [2.05, 4.69) is 5.32 Å². The molecule has 0 aliphatic carbocycles. The van der Waals surface area contributed by atoms with Crippen molar-refractivity contribution in [1.82, 2.24) is 5.32 Å². The fraction of sp³-hybridized carbons (Fsp3) is 0.500. The second kappa shape index (κ2) is 8.91. The number of aliphatic hydroxyl groups is 1. The van der Waals surface area contributed by atoms with Gasteiger partial charge in [-0.1, -0.05) is 24.3 Å². The fourth-order valence-corrected chi connectivity index (χ4v) is 1.56. The lowest BCUT2D eigenvalue weighted by atomic mass is 10.1. The smallest absolute Gasteiger partial charge is 0.220 e. The molecule has 0 bridgehead atoms. The summed E-state index contributed by atoms with van der Waals surface area (Å²) in [6.45, 7) is 4.13. The predicted molar refractivity (Wildman–Crippen MR) is 79.1 cm³/mol. The summed E-state index contributed by atoms with van der Waals surface area (Å²) in [7, 11) is 0. The van der Waals surface area contributed by atoms with E-state index in [1.807, 2.05) is 31.2 Å².